The van der Waals surface area contributed by atoms with Crippen LogP contribution < -0.4 is 9.62 Å². The molecule has 0 bridgehead atoms. The van der Waals surface area contributed by atoms with Crippen molar-refractivity contribution in [2.75, 3.05) is 17.4 Å². The van der Waals surface area contributed by atoms with E-state index in [1.165, 1.54) is 29.2 Å². The first-order valence-electron chi connectivity index (χ1n) is 13.4. The van der Waals surface area contributed by atoms with Gasteiger partial charge >= 0.3 is 0 Å². The molecule has 0 saturated carbocycles. The summed E-state index contributed by atoms with van der Waals surface area (Å²) in [5.41, 5.74) is 4.12. The molecule has 9 heteroatoms. The Labute approximate surface area is 243 Å². The van der Waals surface area contributed by atoms with E-state index in [1.54, 1.807) is 19.1 Å². The maximum absolute atomic E-state index is 14.0. The van der Waals surface area contributed by atoms with E-state index in [1.807, 2.05) is 58.0 Å². The summed E-state index contributed by atoms with van der Waals surface area (Å²) in [5.74, 6) is -0.775. The van der Waals surface area contributed by atoms with Gasteiger partial charge in [0.05, 0.1) is 10.6 Å². The molecule has 0 radical (unpaired) electrons. The van der Waals surface area contributed by atoms with Crippen molar-refractivity contribution in [1.29, 1.82) is 0 Å². The van der Waals surface area contributed by atoms with E-state index in [2.05, 4.69) is 5.32 Å². The third-order valence-corrected chi connectivity index (χ3v) is 8.93. The highest BCUT2D eigenvalue weighted by Crippen LogP contribution is 2.27. The first kappa shape index (κ1) is 31.2. The molecule has 0 aliphatic carbocycles. The molecule has 0 aliphatic heterocycles. The number of rotatable bonds is 12. The summed E-state index contributed by atoms with van der Waals surface area (Å²) in [4.78, 5) is 28.5. The zero-order valence-corrected chi connectivity index (χ0v) is 25.3. The molecule has 0 aliphatic rings. The molecule has 0 heterocycles. The number of nitrogens with zero attached hydrogens (tertiary/aromatic N) is 2. The number of hydrogen-bond acceptors (Lipinski definition) is 4. The molecule has 0 saturated heterocycles. The minimum atomic E-state index is -4.15. The van der Waals surface area contributed by atoms with Crippen molar-refractivity contribution in [3.05, 3.63) is 94.0 Å². The number of hydrogen-bond donors (Lipinski definition) is 1. The number of anilines is 1. The van der Waals surface area contributed by atoms with Crippen LogP contribution in [-0.2, 0) is 26.2 Å². The topological polar surface area (TPSA) is 86.8 Å². The number of nitrogens with one attached hydrogen (secondary N) is 1. The molecular formula is C31H38ClN3O4S. The number of carbonyl (C=O) groups excluding carboxylic acids is 2. The Morgan fingerprint density at radius 3 is 2.27 bits per heavy atom. The van der Waals surface area contributed by atoms with Gasteiger partial charge in [-0.2, -0.15) is 0 Å². The first-order chi connectivity index (χ1) is 18.9. The van der Waals surface area contributed by atoms with Crippen LogP contribution in [0, 0.1) is 20.8 Å². The van der Waals surface area contributed by atoms with Crippen molar-refractivity contribution in [3.63, 3.8) is 0 Å². The summed E-state index contributed by atoms with van der Waals surface area (Å²) in [6.07, 6.45) is 1.75. The number of amides is 2. The average molecular weight is 584 g/mol. The van der Waals surface area contributed by atoms with Crippen LogP contribution in [0.25, 0.3) is 0 Å². The molecule has 1 atom stereocenters. The second-order valence-corrected chi connectivity index (χ2v) is 12.4. The van der Waals surface area contributed by atoms with E-state index < -0.39 is 28.5 Å². The van der Waals surface area contributed by atoms with Gasteiger partial charge < -0.3 is 10.2 Å². The van der Waals surface area contributed by atoms with Gasteiger partial charge in [-0.1, -0.05) is 60.8 Å². The molecule has 2 amide bonds. The van der Waals surface area contributed by atoms with Crippen LogP contribution in [0.5, 0.6) is 0 Å². The lowest BCUT2D eigenvalue weighted by molar-refractivity contribution is -0.139. The molecule has 3 aromatic rings. The van der Waals surface area contributed by atoms with Gasteiger partial charge in [0.25, 0.3) is 10.0 Å². The van der Waals surface area contributed by atoms with Gasteiger partial charge in [0.1, 0.15) is 12.6 Å². The Morgan fingerprint density at radius 2 is 1.65 bits per heavy atom. The van der Waals surface area contributed by atoms with Crippen LogP contribution in [-0.4, -0.2) is 44.3 Å². The largest absolute Gasteiger partial charge is 0.354 e. The molecule has 40 heavy (non-hydrogen) atoms. The van der Waals surface area contributed by atoms with Gasteiger partial charge in [0.15, 0.2) is 0 Å². The highest BCUT2D eigenvalue weighted by molar-refractivity contribution is 7.92. The van der Waals surface area contributed by atoms with E-state index in [-0.39, 0.29) is 17.3 Å². The Bertz CT molecular complexity index is 1440. The minimum absolute atomic E-state index is 0.0125. The number of halogens is 1. The molecular weight excluding hydrogens is 546 g/mol. The van der Waals surface area contributed by atoms with Gasteiger partial charge in [-0.15, -0.1) is 0 Å². The second kappa shape index (κ2) is 13.8. The van der Waals surface area contributed by atoms with Crippen molar-refractivity contribution >= 4 is 39.1 Å². The third kappa shape index (κ3) is 7.86. The molecule has 0 spiro atoms. The lowest BCUT2D eigenvalue weighted by Crippen LogP contribution is -2.51. The Balaban J connectivity index is 2.03. The lowest BCUT2D eigenvalue weighted by atomic mass is 10.1. The van der Waals surface area contributed by atoms with Crippen molar-refractivity contribution in [3.8, 4) is 0 Å². The van der Waals surface area contributed by atoms with Gasteiger partial charge in [0.2, 0.25) is 11.8 Å². The van der Waals surface area contributed by atoms with Crippen LogP contribution in [0.15, 0.2) is 71.6 Å². The Morgan fingerprint density at radius 1 is 0.950 bits per heavy atom. The van der Waals surface area contributed by atoms with Gasteiger partial charge in [0, 0.05) is 18.1 Å². The van der Waals surface area contributed by atoms with E-state index >= 15 is 0 Å². The fourth-order valence-electron chi connectivity index (χ4n) is 4.27. The number of benzene rings is 3. The molecule has 214 valence electrons. The lowest BCUT2D eigenvalue weighted by Gasteiger charge is -2.32. The van der Waals surface area contributed by atoms with E-state index in [0.29, 0.717) is 17.3 Å². The summed E-state index contributed by atoms with van der Waals surface area (Å²) in [6.45, 7) is 9.67. The highest BCUT2D eigenvalue weighted by atomic mass is 35.5. The number of unbranched alkanes of at least 4 members (excludes halogenated alkanes) is 1. The predicted molar refractivity (Wildman–Crippen MR) is 161 cm³/mol. The number of aryl methyl sites for hydroxylation is 3. The second-order valence-electron chi connectivity index (χ2n) is 10.1. The fraction of sp³-hybridized carbons (Fsp3) is 0.355. The zero-order chi connectivity index (χ0) is 29.4. The quantitative estimate of drug-likeness (QED) is 0.273. The smallest absolute Gasteiger partial charge is 0.264 e. The van der Waals surface area contributed by atoms with Crippen LogP contribution in [0.3, 0.4) is 0 Å². The maximum Gasteiger partial charge on any atom is 0.264 e. The molecule has 0 unspecified atom stereocenters. The average Bonchev–Trinajstić information content (AvgIpc) is 2.91. The van der Waals surface area contributed by atoms with Gasteiger partial charge in [-0.3, -0.25) is 13.9 Å². The fourth-order valence-corrected chi connectivity index (χ4v) is 5.80. The van der Waals surface area contributed by atoms with E-state index in [4.69, 9.17) is 11.6 Å². The Kier molecular flexibility index (Phi) is 10.8. The summed E-state index contributed by atoms with van der Waals surface area (Å²) >= 11 is 6.01. The number of carbonyl (C=O) groups is 2. The monoisotopic (exact) mass is 583 g/mol. The predicted octanol–water partition coefficient (Wildman–Crippen LogP) is 5.79. The molecule has 0 aromatic heterocycles. The van der Waals surface area contributed by atoms with Crippen molar-refractivity contribution in [2.45, 2.75) is 64.9 Å². The number of sulfonamides is 1. The van der Waals surface area contributed by atoms with Crippen molar-refractivity contribution < 1.29 is 18.0 Å². The maximum atomic E-state index is 14.0. The summed E-state index contributed by atoms with van der Waals surface area (Å²) in [5, 5.41) is 3.30. The van der Waals surface area contributed by atoms with E-state index in [0.717, 1.165) is 39.4 Å². The SMILES string of the molecule is CCCCNC(=O)[C@H](C)N(Cc1cccc(C)c1)C(=O)CN(c1ccc(C)c(C)c1)S(=O)(=O)c1ccc(Cl)cc1. The molecule has 7 nitrogen and oxygen atoms in total. The molecule has 0 fully saturated rings. The summed E-state index contributed by atoms with van der Waals surface area (Å²) < 4.78 is 28.9. The summed E-state index contributed by atoms with van der Waals surface area (Å²) in [7, 11) is -4.15. The molecule has 1 N–H and O–H groups in total. The molecule has 3 rings (SSSR count). The van der Waals surface area contributed by atoms with Crippen LogP contribution in [0.4, 0.5) is 5.69 Å². The minimum Gasteiger partial charge on any atom is -0.354 e. The van der Waals surface area contributed by atoms with Crippen molar-refractivity contribution in [2.24, 2.45) is 0 Å². The zero-order valence-electron chi connectivity index (χ0n) is 23.8. The standard InChI is InChI=1S/C31H38ClN3O4S/c1-6-7-17-33-31(37)25(5)34(20-26-10-8-9-22(2)18-26)30(36)21-35(28-14-11-23(3)24(4)19-28)40(38,39)29-15-12-27(32)13-16-29/h8-16,18-19,25H,6-7,17,20-21H2,1-5H3,(H,33,37)/t25-/m0/s1. The third-order valence-electron chi connectivity index (χ3n) is 6.89. The van der Waals surface area contributed by atoms with Crippen LogP contribution in [0.1, 0.15) is 48.9 Å². The highest BCUT2D eigenvalue weighted by Gasteiger charge is 2.32. The van der Waals surface area contributed by atoms with Gasteiger partial charge in [-0.25, -0.2) is 8.42 Å². The molecule has 3 aromatic carbocycles. The van der Waals surface area contributed by atoms with Crippen LogP contribution >= 0.6 is 11.6 Å². The first-order valence-corrected chi connectivity index (χ1v) is 15.2. The summed E-state index contributed by atoms with van der Waals surface area (Å²) in [6, 6.07) is 18.0. The van der Waals surface area contributed by atoms with E-state index in [9.17, 15) is 18.0 Å². The van der Waals surface area contributed by atoms with Crippen LogP contribution in [0.2, 0.25) is 5.02 Å². The Hall–Kier alpha value is -3.36. The normalized spacial score (nSPS) is 12.1. The van der Waals surface area contributed by atoms with Gasteiger partial charge in [-0.05, 0) is 87.2 Å². The van der Waals surface area contributed by atoms with Crippen molar-refractivity contribution in [1.82, 2.24) is 10.2 Å².